The van der Waals surface area contributed by atoms with Crippen molar-refractivity contribution in [2.45, 2.75) is 38.6 Å². The van der Waals surface area contributed by atoms with Crippen molar-refractivity contribution in [2.75, 3.05) is 7.11 Å². The number of hydrazine groups is 1. The summed E-state index contributed by atoms with van der Waals surface area (Å²) >= 11 is 11.2. The average Bonchev–Trinajstić information content (AvgIpc) is 2.54. The highest BCUT2D eigenvalue weighted by Crippen LogP contribution is 2.24. The van der Waals surface area contributed by atoms with Crippen LogP contribution in [-0.2, 0) is 0 Å². The molecule has 1 aromatic carbocycles. The first-order valence-corrected chi connectivity index (χ1v) is 8.50. The zero-order valence-corrected chi connectivity index (χ0v) is 14.9. The summed E-state index contributed by atoms with van der Waals surface area (Å²) in [5.41, 5.74) is 5.66. The van der Waals surface area contributed by atoms with Crippen LogP contribution >= 0.6 is 23.8 Å². The molecule has 1 aliphatic rings. The molecule has 3 N–H and O–H groups in total. The van der Waals surface area contributed by atoms with Gasteiger partial charge in [0.2, 0.25) is 0 Å². The van der Waals surface area contributed by atoms with Crippen LogP contribution in [0.5, 0.6) is 5.75 Å². The van der Waals surface area contributed by atoms with Gasteiger partial charge in [-0.15, -0.1) is 0 Å². The molecule has 126 valence electrons. The maximum absolute atomic E-state index is 12.2. The third-order valence-electron chi connectivity index (χ3n) is 4.12. The summed E-state index contributed by atoms with van der Waals surface area (Å²) in [6, 6.07) is 5.22. The molecule has 0 aliphatic heterocycles. The summed E-state index contributed by atoms with van der Waals surface area (Å²) in [4.78, 5) is 12.2. The minimum Gasteiger partial charge on any atom is -0.496 e. The Labute approximate surface area is 147 Å². The number of ether oxygens (including phenoxy) is 1. The number of benzene rings is 1. The Bertz CT molecular complexity index is 582. The number of nitrogens with one attached hydrogen (secondary N) is 3. The normalized spacial score (nSPS) is 20.5. The number of amides is 1. The van der Waals surface area contributed by atoms with Crippen LogP contribution in [0, 0.1) is 5.92 Å². The Morgan fingerprint density at radius 1 is 1.30 bits per heavy atom. The van der Waals surface area contributed by atoms with Crippen molar-refractivity contribution < 1.29 is 9.53 Å². The van der Waals surface area contributed by atoms with E-state index in [-0.39, 0.29) is 5.91 Å². The van der Waals surface area contributed by atoms with Crippen LogP contribution < -0.4 is 20.9 Å². The van der Waals surface area contributed by atoms with Crippen molar-refractivity contribution >= 4 is 34.8 Å². The zero-order chi connectivity index (χ0) is 16.8. The molecule has 0 aromatic heterocycles. The quantitative estimate of drug-likeness (QED) is 0.574. The number of carbonyl (C=O) groups excluding carboxylic acids is 1. The number of methoxy groups -OCH3 is 1. The smallest absolute Gasteiger partial charge is 0.273 e. The first-order chi connectivity index (χ1) is 11.0. The second-order valence-electron chi connectivity index (χ2n) is 5.77. The maximum Gasteiger partial charge on any atom is 0.273 e. The lowest BCUT2D eigenvalue weighted by Gasteiger charge is -2.30. The molecule has 1 saturated carbocycles. The van der Waals surface area contributed by atoms with E-state index in [1.54, 1.807) is 18.2 Å². The van der Waals surface area contributed by atoms with E-state index in [1.165, 1.54) is 26.4 Å². The molecule has 7 heteroatoms. The van der Waals surface area contributed by atoms with Gasteiger partial charge in [0.25, 0.3) is 5.91 Å². The monoisotopic (exact) mass is 355 g/mol. The van der Waals surface area contributed by atoms with E-state index in [0.29, 0.717) is 33.4 Å². The van der Waals surface area contributed by atoms with E-state index in [2.05, 4.69) is 23.1 Å². The number of carbonyl (C=O) groups is 1. The van der Waals surface area contributed by atoms with Crippen LogP contribution in [0.2, 0.25) is 5.02 Å². The van der Waals surface area contributed by atoms with Gasteiger partial charge in [-0.2, -0.15) is 0 Å². The fourth-order valence-corrected chi connectivity index (χ4v) is 3.15. The van der Waals surface area contributed by atoms with Gasteiger partial charge in [0.05, 0.1) is 12.7 Å². The van der Waals surface area contributed by atoms with E-state index in [0.717, 1.165) is 6.42 Å². The number of thiocarbonyl (C=S) groups is 1. The number of hydrogen-bond donors (Lipinski definition) is 3. The Kier molecular flexibility index (Phi) is 6.47. The van der Waals surface area contributed by atoms with E-state index >= 15 is 0 Å². The molecule has 2 rings (SSSR count). The lowest BCUT2D eigenvalue weighted by molar-refractivity contribution is 0.0940. The SMILES string of the molecule is COc1ccc(Cl)cc1C(=O)NNC(=S)N[C@@H]1CCCC[C@H]1C. The molecule has 1 aliphatic carbocycles. The van der Waals surface area contributed by atoms with Crippen molar-refractivity contribution in [1.29, 1.82) is 0 Å². The van der Waals surface area contributed by atoms with Crippen molar-refractivity contribution in [2.24, 2.45) is 5.92 Å². The number of hydrogen-bond acceptors (Lipinski definition) is 3. The molecule has 1 fully saturated rings. The molecule has 2 atom stereocenters. The van der Waals surface area contributed by atoms with Crippen molar-refractivity contribution in [3.63, 3.8) is 0 Å². The van der Waals surface area contributed by atoms with Crippen LogP contribution in [0.1, 0.15) is 43.0 Å². The molecule has 5 nitrogen and oxygen atoms in total. The number of halogens is 1. The third kappa shape index (κ3) is 4.97. The second-order valence-corrected chi connectivity index (χ2v) is 6.61. The van der Waals surface area contributed by atoms with Crippen LogP contribution in [0.25, 0.3) is 0 Å². The lowest BCUT2D eigenvalue weighted by atomic mass is 9.86. The first kappa shape index (κ1) is 17.8. The van der Waals surface area contributed by atoms with E-state index < -0.39 is 0 Å². The van der Waals surface area contributed by atoms with E-state index in [1.807, 2.05) is 0 Å². The topological polar surface area (TPSA) is 62.4 Å². The summed E-state index contributed by atoms with van der Waals surface area (Å²) in [5, 5.41) is 4.14. The predicted molar refractivity (Wildman–Crippen MR) is 95.8 cm³/mol. The van der Waals surface area contributed by atoms with E-state index in [4.69, 9.17) is 28.6 Å². The minimum atomic E-state index is -0.356. The molecule has 0 unspecified atom stereocenters. The molecule has 0 bridgehead atoms. The highest BCUT2D eigenvalue weighted by molar-refractivity contribution is 7.80. The number of rotatable bonds is 3. The van der Waals surface area contributed by atoms with Gasteiger partial charge in [-0.05, 0) is 49.2 Å². The average molecular weight is 356 g/mol. The van der Waals surface area contributed by atoms with Crippen LogP contribution in [0.4, 0.5) is 0 Å². The van der Waals surface area contributed by atoms with Gasteiger partial charge in [-0.3, -0.25) is 15.6 Å². The molecular weight excluding hydrogens is 334 g/mol. The van der Waals surface area contributed by atoms with Crippen molar-refractivity contribution in [3.05, 3.63) is 28.8 Å². The van der Waals surface area contributed by atoms with Crippen LogP contribution in [-0.4, -0.2) is 24.2 Å². The largest absolute Gasteiger partial charge is 0.496 e. The third-order valence-corrected chi connectivity index (χ3v) is 4.58. The highest BCUT2D eigenvalue weighted by Gasteiger charge is 2.22. The standard InChI is InChI=1S/C16H22ClN3O2S/c1-10-5-3-4-6-13(10)18-16(23)20-19-15(21)12-9-11(17)7-8-14(12)22-2/h7-10,13H,3-6H2,1-2H3,(H,19,21)(H2,18,20,23)/t10-,13-/m1/s1. The maximum atomic E-state index is 12.2. The van der Waals surface area contributed by atoms with Crippen LogP contribution in [0.15, 0.2) is 18.2 Å². The summed E-state index contributed by atoms with van der Waals surface area (Å²) in [6.45, 7) is 2.22. The highest BCUT2D eigenvalue weighted by atomic mass is 35.5. The summed E-state index contributed by atoms with van der Waals surface area (Å²) in [5.74, 6) is 0.672. The van der Waals surface area contributed by atoms with Gasteiger partial charge in [-0.25, -0.2) is 0 Å². The van der Waals surface area contributed by atoms with Crippen molar-refractivity contribution in [1.82, 2.24) is 16.2 Å². The van der Waals surface area contributed by atoms with E-state index in [9.17, 15) is 4.79 Å². The summed E-state index contributed by atoms with van der Waals surface area (Å²) in [6.07, 6.45) is 4.77. The lowest BCUT2D eigenvalue weighted by Crippen LogP contribution is -2.51. The fourth-order valence-electron chi connectivity index (χ4n) is 2.77. The minimum absolute atomic E-state index is 0.348. The van der Waals surface area contributed by atoms with Gasteiger partial charge >= 0.3 is 0 Å². The molecule has 23 heavy (non-hydrogen) atoms. The predicted octanol–water partition coefficient (Wildman–Crippen LogP) is 3.04. The van der Waals surface area contributed by atoms with Gasteiger partial charge in [-0.1, -0.05) is 31.4 Å². The Morgan fingerprint density at radius 2 is 2.04 bits per heavy atom. The molecule has 0 radical (unpaired) electrons. The Morgan fingerprint density at radius 3 is 2.74 bits per heavy atom. The van der Waals surface area contributed by atoms with Gasteiger partial charge in [0, 0.05) is 11.1 Å². The molecule has 1 amide bonds. The van der Waals surface area contributed by atoms with Gasteiger partial charge in [0.15, 0.2) is 5.11 Å². The van der Waals surface area contributed by atoms with Gasteiger partial charge in [0.1, 0.15) is 5.75 Å². The first-order valence-electron chi connectivity index (χ1n) is 7.71. The zero-order valence-electron chi connectivity index (χ0n) is 13.3. The summed E-state index contributed by atoms with van der Waals surface area (Å²) in [7, 11) is 1.50. The molecule has 1 aromatic rings. The van der Waals surface area contributed by atoms with Crippen LogP contribution in [0.3, 0.4) is 0 Å². The molecule has 0 heterocycles. The Hall–Kier alpha value is -1.53. The fraction of sp³-hybridized carbons (Fsp3) is 0.500. The summed E-state index contributed by atoms with van der Waals surface area (Å²) < 4.78 is 5.17. The molecular formula is C16H22ClN3O2S. The van der Waals surface area contributed by atoms with Crippen molar-refractivity contribution in [3.8, 4) is 5.75 Å². The second kappa shape index (κ2) is 8.36. The molecule has 0 saturated heterocycles. The van der Waals surface area contributed by atoms with Gasteiger partial charge < -0.3 is 10.1 Å². The molecule has 0 spiro atoms. The Balaban J connectivity index is 1.88.